The van der Waals surface area contributed by atoms with Crippen LogP contribution in [0, 0.1) is 17.8 Å². The minimum atomic E-state index is -1.05. The van der Waals surface area contributed by atoms with Crippen LogP contribution in [0.5, 0.6) is 0 Å². The van der Waals surface area contributed by atoms with Gasteiger partial charge in [-0.25, -0.2) is 0 Å². The highest BCUT2D eigenvalue weighted by Gasteiger charge is 2.46. The van der Waals surface area contributed by atoms with Gasteiger partial charge in [-0.1, -0.05) is 273 Å². The van der Waals surface area contributed by atoms with Crippen LogP contribution < -0.4 is 0 Å². The molecule has 1 fully saturated rings. The van der Waals surface area contributed by atoms with Crippen LogP contribution in [0.25, 0.3) is 0 Å². The van der Waals surface area contributed by atoms with Gasteiger partial charge in [0, 0.05) is 19.3 Å². The molecule has 1 aliphatic rings. The van der Waals surface area contributed by atoms with E-state index >= 15 is 0 Å². The molecule has 1 heterocycles. The highest BCUT2D eigenvalue weighted by Crippen LogP contribution is 2.26. The van der Waals surface area contributed by atoms with Gasteiger partial charge in [0.25, 0.3) is 0 Å². The van der Waals surface area contributed by atoms with Crippen LogP contribution in [0.3, 0.4) is 0 Å². The number of rotatable bonds is 50. The summed E-state index contributed by atoms with van der Waals surface area (Å²) in [6.45, 7) is 13.6. The van der Waals surface area contributed by atoms with Gasteiger partial charge in [0.05, 0.1) is 6.61 Å². The van der Waals surface area contributed by atoms with Gasteiger partial charge in [-0.3, -0.25) is 14.4 Å². The predicted molar refractivity (Wildman–Crippen MR) is 285 cm³/mol. The Kier molecular flexibility index (Phi) is 43.9. The van der Waals surface area contributed by atoms with Gasteiger partial charge in [0.15, 0.2) is 12.2 Å². The van der Waals surface area contributed by atoms with E-state index in [0.29, 0.717) is 6.42 Å². The van der Waals surface area contributed by atoms with Gasteiger partial charge in [0.1, 0.15) is 18.8 Å². The summed E-state index contributed by atoms with van der Waals surface area (Å²) in [5.41, 5.74) is 0. The maximum Gasteiger partial charge on any atom is 0.306 e. The molecule has 1 unspecified atom stereocenters. The molecule has 402 valence electrons. The molecule has 4 atom stereocenters. The molecule has 0 spiro atoms. The third-order valence-electron chi connectivity index (χ3n) is 14.2. The van der Waals surface area contributed by atoms with Crippen LogP contribution >= 0.6 is 0 Å². The molecule has 0 bridgehead atoms. The van der Waals surface area contributed by atoms with Crippen molar-refractivity contribution in [3.8, 4) is 0 Å². The van der Waals surface area contributed by atoms with Crippen molar-refractivity contribution in [3.05, 3.63) is 0 Å². The minimum absolute atomic E-state index is 0.0422. The van der Waals surface area contributed by atoms with Gasteiger partial charge in [-0.15, -0.1) is 0 Å². The van der Waals surface area contributed by atoms with E-state index in [4.69, 9.17) is 18.9 Å². The molecule has 1 aliphatic heterocycles. The maximum atomic E-state index is 13.2. The molecule has 0 amide bonds. The summed E-state index contributed by atoms with van der Waals surface area (Å²) in [5, 5.41) is 10.9. The first-order chi connectivity index (χ1) is 33.0. The number of unbranched alkanes of at least 4 members (excludes halogenated alkanes) is 33. The zero-order chi connectivity index (χ0) is 49.7. The van der Waals surface area contributed by atoms with Gasteiger partial charge in [0.2, 0.25) is 0 Å². The molecule has 0 aromatic heterocycles. The summed E-state index contributed by atoms with van der Waals surface area (Å²) in [6.07, 6.45) is 44.9. The van der Waals surface area contributed by atoms with E-state index in [1.54, 1.807) is 0 Å². The zero-order valence-corrected chi connectivity index (χ0v) is 46.0. The normalized spacial score (nSPS) is 16.6. The number of hydrogen-bond donors (Lipinski definition) is 1. The van der Waals surface area contributed by atoms with Gasteiger partial charge >= 0.3 is 17.9 Å². The van der Waals surface area contributed by atoms with Crippen molar-refractivity contribution in [1.29, 1.82) is 0 Å². The van der Waals surface area contributed by atoms with Gasteiger partial charge in [-0.2, -0.15) is 0 Å². The Morgan fingerprint density at radius 3 is 1.01 bits per heavy atom. The predicted octanol–water partition coefficient (Wildman–Crippen LogP) is 17.5. The molecule has 0 aliphatic carbocycles. The smallest absolute Gasteiger partial charge is 0.306 e. The van der Waals surface area contributed by atoms with Crippen molar-refractivity contribution in [2.45, 2.75) is 336 Å². The Morgan fingerprint density at radius 1 is 0.412 bits per heavy atom. The standard InChI is InChI=1S/C60H114O8/c1-51(2)43-37-31-25-19-13-7-10-16-22-28-34-40-46-56(62)65-50-55(67-57(63)47-41-35-29-23-17-11-8-14-20-26-32-38-44-52(3)4)60-59(54(61)49-66-60)68-58(64)48-42-36-30-24-18-12-9-15-21-27-33-39-45-53(5)6/h51-55,59-61H,7-50H2,1-6H3/t54-,55?,59+,60-/m1/s1. The summed E-state index contributed by atoms with van der Waals surface area (Å²) in [6, 6.07) is 0. The first-order valence-electron chi connectivity index (χ1n) is 29.8. The monoisotopic (exact) mass is 963 g/mol. The van der Waals surface area contributed by atoms with Crippen molar-refractivity contribution in [2.24, 2.45) is 17.8 Å². The number of hydrogen-bond acceptors (Lipinski definition) is 8. The number of esters is 3. The Bertz CT molecular complexity index is 1140. The summed E-state index contributed by atoms with van der Waals surface area (Å²) in [5.74, 6) is 1.36. The van der Waals surface area contributed by atoms with Crippen LogP contribution in [-0.2, 0) is 33.3 Å². The summed E-state index contributed by atoms with van der Waals surface area (Å²) < 4.78 is 23.4. The molecule has 8 nitrogen and oxygen atoms in total. The van der Waals surface area contributed by atoms with E-state index in [9.17, 15) is 19.5 Å². The fraction of sp³-hybridized carbons (Fsp3) is 0.950. The largest absolute Gasteiger partial charge is 0.462 e. The van der Waals surface area contributed by atoms with Crippen LogP contribution in [0.2, 0.25) is 0 Å². The first-order valence-corrected chi connectivity index (χ1v) is 29.8. The van der Waals surface area contributed by atoms with Crippen LogP contribution in [0.1, 0.15) is 311 Å². The minimum Gasteiger partial charge on any atom is -0.462 e. The van der Waals surface area contributed by atoms with Crippen LogP contribution in [0.4, 0.5) is 0 Å². The molecule has 8 heteroatoms. The number of aliphatic hydroxyl groups excluding tert-OH is 1. The molecule has 0 radical (unpaired) electrons. The van der Waals surface area contributed by atoms with Gasteiger partial charge < -0.3 is 24.1 Å². The van der Waals surface area contributed by atoms with E-state index < -0.39 is 24.4 Å². The second-order valence-corrected chi connectivity index (χ2v) is 22.6. The lowest BCUT2D eigenvalue weighted by atomic mass is 10.0. The average molecular weight is 964 g/mol. The Hall–Kier alpha value is -1.67. The SMILES string of the molecule is CC(C)CCCCCCCCCCCCCCC(=O)OCC(OC(=O)CCCCCCCCCCCCCCC(C)C)[C@H]1OC[C@@H](O)[C@@H]1OC(=O)CCCCCCCCCCCCCCC(C)C. The Labute approximate surface area is 421 Å². The lowest BCUT2D eigenvalue weighted by Crippen LogP contribution is -2.46. The highest BCUT2D eigenvalue weighted by molar-refractivity contribution is 5.71. The summed E-state index contributed by atoms with van der Waals surface area (Å²) in [4.78, 5) is 39.2. The van der Waals surface area contributed by atoms with Crippen molar-refractivity contribution in [1.82, 2.24) is 0 Å². The Balaban J connectivity index is 2.46. The molecule has 1 N–H and O–H groups in total. The average Bonchev–Trinajstić information content (AvgIpc) is 3.66. The van der Waals surface area contributed by atoms with Crippen molar-refractivity contribution >= 4 is 17.9 Å². The maximum absolute atomic E-state index is 13.2. The molecule has 1 rings (SSSR count). The van der Waals surface area contributed by atoms with Crippen molar-refractivity contribution in [3.63, 3.8) is 0 Å². The van der Waals surface area contributed by atoms with Crippen molar-refractivity contribution < 1.29 is 38.4 Å². The third kappa shape index (κ3) is 41.0. The lowest BCUT2D eigenvalue weighted by Gasteiger charge is -2.28. The number of carbonyl (C=O) groups excluding carboxylic acids is 3. The zero-order valence-electron chi connectivity index (χ0n) is 46.0. The highest BCUT2D eigenvalue weighted by atomic mass is 16.6. The van der Waals surface area contributed by atoms with Gasteiger partial charge in [-0.05, 0) is 37.0 Å². The molecule has 1 saturated heterocycles. The molecule has 0 aromatic rings. The van der Waals surface area contributed by atoms with Crippen molar-refractivity contribution in [2.75, 3.05) is 13.2 Å². The summed E-state index contributed by atoms with van der Waals surface area (Å²) in [7, 11) is 0. The number of carbonyl (C=O) groups is 3. The third-order valence-corrected chi connectivity index (χ3v) is 14.2. The second kappa shape index (κ2) is 46.4. The molecule has 0 aromatic carbocycles. The quantitative estimate of drug-likeness (QED) is 0.0365. The number of ether oxygens (including phenoxy) is 4. The lowest BCUT2D eigenvalue weighted by molar-refractivity contribution is -0.177. The topological polar surface area (TPSA) is 108 Å². The molecule has 68 heavy (non-hydrogen) atoms. The van der Waals surface area contributed by atoms with E-state index in [1.807, 2.05) is 0 Å². The Morgan fingerprint density at radius 2 is 0.691 bits per heavy atom. The molecule has 0 saturated carbocycles. The second-order valence-electron chi connectivity index (χ2n) is 22.6. The van der Waals surface area contributed by atoms with Crippen LogP contribution in [0.15, 0.2) is 0 Å². The molecular weight excluding hydrogens is 849 g/mol. The van der Waals surface area contributed by atoms with E-state index in [1.165, 1.54) is 193 Å². The van der Waals surface area contributed by atoms with E-state index in [-0.39, 0.29) is 44.0 Å². The van der Waals surface area contributed by atoms with E-state index in [2.05, 4.69) is 41.5 Å². The fourth-order valence-electron chi connectivity index (χ4n) is 9.73. The number of aliphatic hydroxyl groups is 1. The summed E-state index contributed by atoms with van der Waals surface area (Å²) >= 11 is 0. The fourth-order valence-corrected chi connectivity index (χ4v) is 9.73. The van der Waals surface area contributed by atoms with Crippen LogP contribution in [-0.4, -0.2) is 60.6 Å². The van der Waals surface area contributed by atoms with E-state index in [0.717, 1.165) is 75.5 Å². The molecular formula is C60H114O8. The first kappa shape index (κ1) is 64.3.